The van der Waals surface area contributed by atoms with Crippen molar-refractivity contribution in [3.05, 3.63) is 0 Å². The summed E-state index contributed by atoms with van der Waals surface area (Å²) in [6.07, 6.45) is 0.648. The third-order valence-corrected chi connectivity index (χ3v) is 2.63. The number of hydrogen-bond acceptors (Lipinski definition) is 3. The van der Waals surface area contributed by atoms with Crippen molar-refractivity contribution in [1.82, 2.24) is 5.32 Å². The van der Waals surface area contributed by atoms with E-state index < -0.39 is 0 Å². The molecule has 3 heteroatoms. The molecule has 4 unspecified atom stereocenters. The number of nitrogens with one attached hydrogen (secondary N) is 1. The zero-order valence-electron chi connectivity index (χ0n) is 8.33. The van der Waals surface area contributed by atoms with E-state index in [0.29, 0.717) is 6.04 Å². The molecule has 1 aliphatic heterocycles. The van der Waals surface area contributed by atoms with E-state index in [1.807, 2.05) is 6.92 Å². The minimum atomic E-state index is 0.174. The number of rotatable bonds is 2. The van der Waals surface area contributed by atoms with Gasteiger partial charge in [-0.1, -0.05) is 0 Å². The van der Waals surface area contributed by atoms with Gasteiger partial charge in [0, 0.05) is 19.7 Å². The Kier molecular flexibility index (Phi) is 3.50. The third kappa shape index (κ3) is 2.19. The molecule has 1 saturated heterocycles. The molecular weight excluding hydrogens is 154 g/mol. The maximum atomic E-state index is 5.76. The highest BCUT2D eigenvalue weighted by molar-refractivity contribution is 4.81. The fourth-order valence-electron chi connectivity index (χ4n) is 1.34. The molecule has 0 saturated carbocycles. The molecule has 1 fully saturated rings. The first kappa shape index (κ1) is 9.96. The molecular formula is C9H19NO2. The molecule has 72 valence electrons. The standard InChI is InChI=1S/C9H19NO2/c1-6-7(2)12-9(5-10-6)8(3)11-4/h6-10H,5H2,1-4H3. The molecule has 0 bridgehead atoms. The van der Waals surface area contributed by atoms with E-state index in [2.05, 4.69) is 19.2 Å². The van der Waals surface area contributed by atoms with E-state index in [1.165, 1.54) is 0 Å². The Morgan fingerprint density at radius 3 is 2.67 bits per heavy atom. The van der Waals surface area contributed by atoms with Crippen LogP contribution in [0.3, 0.4) is 0 Å². The van der Waals surface area contributed by atoms with Crippen molar-refractivity contribution in [2.75, 3.05) is 13.7 Å². The zero-order chi connectivity index (χ0) is 9.14. The molecule has 12 heavy (non-hydrogen) atoms. The molecule has 0 amide bonds. The van der Waals surface area contributed by atoms with Crippen molar-refractivity contribution >= 4 is 0 Å². The van der Waals surface area contributed by atoms with Crippen LogP contribution in [0.2, 0.25) is 0 Å². The van der Waals surface area contributed by atoms with Crippen molar-refractivity contribution in [3.8, 4) is 0 Å². The van der Waals surface area contributed by atoms with Gasteiger partial charge in [0.15, 0.2) is 0 Å². The molecule has 0 aliphatic carbocycles. The van der Waals surface area contributed by atoms with Crippen LogP contribution in [-0.4, -0.2) is 38.0 Å². The first-order valence-electron chi connectivity index (χ1n) is 4.56. The highest BCUT2D eigenvalue weighted by Gasteiger charge is 2.27. The van der Waals surface area contributed by atoms with Crippen LogP contribution in [0.15, 0.2) is 0 Å². The van der Waals surface area contributed by atoms with Gasteiger partial charge in [-0.15, -0.1) is 0 Å². The summed E-state index contributed by atoms with van der Waals surface area (Å²) in [6, 6.07) is 0.449. The summed E-state index contributed by atoms with van der Waals surface area (Å²) < 4.78 is 11.0. The normalized spacial score (nSPS) is 39.5. The van der Waals surface area contributed by atoms with Crippen LogP contribution in [0.4, 0.5) is 0 Å². The van der Waals surface area contributed by atoms with E-state index >= 15 is 0 Å². The average molecular weight is 173 g/mol. The Bertz CT molecular complexity index is 140. The number of hydrogen-bond donors (Lipinski definition) is 1. The molecule has 0 spiro atoms. The summed E-state index contributed by atoms with van der Waals surface area (Å²) in [4.78, 5) is 0. The van der Waals surface area contributed by atoms with Crippen LogP contribution >= 0.6 is 0 Å². The van der Waals surface area contributed by atoms with Gasteiger partial charge in [0.25, 0.3) is 0 Å². The summed E-state index contributed by atoms with van der Waals surface area (Å²) >= 11 is 0. The van der Waals surface area contributed by atoms with E-state index in [-0.39, 0.29) is 18.3 Å². The molecule has 0 aromatic carbocycles. The predicted octanol–water partition coefficient (Wildman–Crippen LogP) is 0.787. The van der Waals surface area contributed by atoms with Gasteiger partial charge in [-0.05, 0) is 20.8 Å². The Morgan fingerprint density at radius 2 is 2.17 bits per heavy atom. The minimum Gasteiger partial charge on any atom is -0.379 e. The monoisotopic (exact) mass is 173 g/mol. The lowest BCUT2D eigenvalue weighted by Gasteiger charge is -2.36. The molecule has 3 nitrogen and oxygen atoms in total. The lowest BCUT2D eigenvalue weighted by atomic mass is 10.1. The Hall–Kier alpha value is -0.120. The highest BCUT2D eigenvalue weighted by Crippen LogP contribution is 2.13. The third-order valence-electron chi connectivity index (χ3n) is 2.63. The van der Waals surface area contributed by atoms with E-state index in [0.717, 1.165) is 6.54 Å². The topological polar surface area (TPSA) is 30.5 Å². The second-order valence-electron chi connectivity index (χ2n) is 3.52. The summed E-state index contributed by atoms with van der Waals surface area (Å²) in [5.41, 5.74) is 0. The van der Waals surface area contributed by atoms with Crippen LogP contribution < -0.4 is 5.32 Å². The van der Waals surface area contributed by atoms with Gasteiger partial charge in [-0.25, -0.2) is 0 Å². The van der Waals surface area contributed by atoms with Gasteiger partial charge in [0.05, 0.1) is 18.3 Å². The summed E-state index contributed by atoms with van der Waals surface area (Å²) in [5.74, 6) is 0. The fraction of sp³-hybridized carbons (Fsp3) is 1.00. The second kappa shape index (κ2) is 4.21. The van der Waals surface area contributed by atoms with Crippen molar-refractivity contribution in [2.45, 2.75) is 45.1 Å². The van der Waals surface area contributed by atoms with Crippen LogP contribution in [0.1, 0.15) is 20.8 Å². The fourth-order valence-corrected chi connectivity index (χ4v) is 1.34. The van der Waals surface area contributed by atoms with Crippen LogP contribution in [0, 0.1) is 0 Å². The lowest BCUT2D eigenvalue weighted by molar-refractivity contribution is -0.108. The smallest absolute Gasteiger partial charge is 0.0962 e. The maximum absolute atomic E-state index is 5.76. The SMILES string of the molecule is COC(C)C1CNC(C)C(C)O1. The molecule has 1 N–H and O–H groups in total. The first-order chi connectivity index (χ1) is 5.65. The molecule has 1 rings (SSSR count). The Labute approximate surface area is 74.4 Å². The summed E-state index contributed by atoms with van der Waals surface area (Å²) in [7, 11) is 1.72. The van der Waals surface area contributed by atoms with Crippen LogP contribution in [0.25, 0.3) is 0 Å². The largest absolute Gasteiger partial charge is 0.379 e. The minimum absolute atomic E-state index is 0.174. The Morgan fingerprint density at radius 1 is 1.50 bits per heavy atom. The van der Waals surface area contributed by atoms with Crippen molar-refractivity contribution in [3.63, 3.8) is 0 Å². The van der Waals surface area contributed by atoms with E-state index in [9.17, 15) is 0 Å². The maximum Gasteiger partial charge on any atom is 0.0962 e. The number of methoxy groups -OCH3 is 1. The van der Waals surface area contributed by atoms with Gasteiger partial charge in [-0.3, -0.25) is 0 Å². The first-order valence-corrected chi connectivity index (χ1v) is 4.56. The number of morpholine rings is 1. The van der Waals surface area contributed by atoms with Crippen molar-refractivity contribution < 1.29 is 9.47 Å². The number of ether oxygens (including phenoxy) is 2. The second-order valence-corrected chi connectivity index (χ2v) is 3.52. The lowest BCUT2D eigenvalue weighted by Crippen LogP contribution is -2.53. The van der Waals surface area contributed by atoms with E-state index in [4.69, 9.17) is 9.47 Å². The Balaban J connectivity index is 2.39. The molecule has 0 aromatic rings. The molecule has 4 atom stereocenters. The summed E-state index contributed by atoms with van der Waals surface area (Å²) in [6.45, 7) is 7.15. The van der Waals surface area contributed by atoms with Gasteiger partial charge in [-0.2, -0.15) is 0 Å². The molecule has 1 heterocycles. The molecule has 0 radical (unpaired) electrons. The van der Waals surface area contributed by atoms with Gasteiger partial charge in [0.2, 0.25) is 0 Å². The zero-order valence-corrected chi connectivity index (χ0v) is 8.33. The predicted molar refractivity (Wildman–Crippen MR) is 48.3 cm³/mol. The van der Waals surface area contributed by atoms with Gasteiger partial charge in [0.1, 0.15) is 0 Å². The summed E-state index contributed by atoms with van der Waals surface area (Å²) in [5, 5.41) is 3.39. The highest BCUT2D eigenvalue weighted by atomic mass is 16.5. The average Bonchev–Trinajstić information content (AvgIpc) is 2.08. The van der Waals surface area contributed by atoms with Crippen LogP contribution in [-0.2, 0) is 9.47 Å². The van der Waals surface area contributed by atoms with Crippen molar-refractivity contribution in [1.29, 1.82) is 0 Å². The molecule has 0 aromatic heterocycles. The van der Waals surface area contributed by atoms with Crippen LogP contribution in [0.5, 0.6) is 0 Å². The van der Waals surface area contributed by atoms with Crippen molar-refractivity contribution in [2.24, 2.45) is 0 Å². The molecule has 1 aliphatic rings. The van der Waals surface area contributed by atoms with E-state index in [1.54, 1.807) is 7.11 Å². The van der Waals surface area contributed by atoms with Gasteiger partial charge < -0.3 is 14.8 Å². The van der Waals surface area contributed by atoms with Gasteiger partial charge >= 0.3 is 0 Å². The quantitative estimate of drug-likeness (QED) is 0.669.